The molecule has 0 spiro atoms. The molecule has 2 atom stereocenters. The normalized spacial score (nSPS) is 24.5. The highest BCUT2D eigenvalue weighted by molar-refractivity contribution is 5.83. The smallest absolute Gasteiger partial charge is 0.240 e. The number of nitrogens with zero attached hydrogens (tertiary/aromatic N) is 2. The molecule has 1 fully saturated rings. The van der Waals surface area contributed by atoms with Gasteiger partial charge in [-0.15, -0.1) is 0 Å². The molecule has 24 heavy (non-hydrogen) atoms. The fraction of sp³-hybridized carbons (Fsp3) is 0.600. The molecule has 2 aliphatic rings. The number of fused-ring (bicyclic) bond motifs is 1. The quantitative estimate of drug-likeness (QED) is 0.920. The zero-order valence-corrected chi connectivity index (χ0v) is 15.1. The molecule has 1 N–H and O–H groups in total. The average molecular weight is 325 g/mol. The molecule has 4 nitrogen and oxygen atoms in total. The molecule has 1 aromatic carbocycles. The number of hydrogen-bond donors (Lipinski definition) is 1. The molecule has 1 aliphatic carbocycles. The van der Waals surface area contributed by atoms with E-state index in [0.717, 1.165) is 24.9 Å². The molecule has 1 aromatic rings. The van der Waals surface area contributed by atoms with Crippen LogP contribution in [-0.2, 0) is 4.79 Å². The Morgan fingerprint density at radius 3 is 2.71 bits per heavy atom. The summed E-state index contributed by atoms with van der Waals surface area (Å²) in [6.07, 6.45) is 3.06. The van der Waals surface area contributed by atoms with Gasteiger partial charge >= 0.3 is 0 Å². The zero-order valence-electron chi connectivity index (χ0n) is 15.1. The summed E-state index contributed by atoms with van der Waals surface area (Å²) in [4.78, 5) is 14.9. The number of hydrogen-bond acceptors (Lipinski definition) is 3. The number of amides is 1. The summed E-state index contributed by atoms with van der Waals surface area (Å²) in [5.74, 6) is 0.711. The van der Waals surface area contributed by atoms with Crippen LogP contribution in [0.2, 0.25) is 0 Å². The number of rotatable bonds is 4. The van der Waals surface area contributed by atoms with Crippen LogP contribution in [0.5, 0.6) is 0 Å². The molecule has 1 aliphatic heterocycles. The van der Waals surface area contributed by atoms with E-state index in [9.17, 15) is 10.1 Å². The summed E-state index contributed by atoms with van der Waals surface area (Å²) in [5.41, 5.74) is 1.62. The van der Waals surface area contributed by atoms with Crippen molar-refractivity contribution in [2.75, 3.05) is 11.4 Å². The maximum absolute atomic E-state index is 12.7. The number of para-hydroxylation sites is 1. The monoisotopic (exact) mass is 325 g/mol. The van der Waals surface area contributed by atoms with Gasteiger partial charge in [0.2, 0.25) is 5.91 Å². The van der Waals surface area contributed by atoms with Crippen molar-refractivity contribution in [1.29, 1.82) is 5.26 Å². The molecule has 1 heterocycles. The maximum atomic E-state index is 12.7. The minimum atomic E-state index is -0.732. The van der Waals surface area contributed by atoms with Gasteiger partial charge in [-0.05, 0) is 63.5 Å². The molecule has 0 radical (unpaired) electrons. The molecule has 3 rings (SSSR count). The van der Waals surface area contributed by atoms with E-state index in [1.807, 2.05) is 13.0 Å². The number of benzene rings is 1. The van der Waals surface area contributed by atoms with Gasteiger partial charge in [-0.2, -0.15) is 5.26 Å². The second-order valence-electron chi connectivity index (χ2n) is 8.20. The SMILES string of the molecule is C[C@@H]1CC(C)(C)N(CC(=O)N[C@](C)(C#N)C2CC2)c2ccccc21. The third-order valence-corrected chi connectivity index (χ3v) is 5.62. The summed E-state index contributed by atoms with van der Waals surface area (Å²) in [7, 11) is 0. The van der Waals surface area contributed by atoms with Crippen LogP contribution in [0.4, 0.5) is 5.69 Å². The van der Waals surface area contributed by atoms with Crippen molar-refractivity contribution in [3.8, 4) is 6.07 Å². The molecule has 0 unspecified atom stereocenters. The summed E-state index contributed by atoms with van der Waals surface area (Å²) < 4.78 is 0. The summed E-state index contributed by atoms with van der Waals surface area (Å²) in [6.45, 7) is 8.77. The average Bonchev–Trinajstić information content (AvgIpc) is 3.36. The molecular formula is C20H27N3O. The van der Waals surface area contributed by atoms with Gasteiger partial charge < -0.3 is 10.2 Å². The Kier molecular flexibility index (Phi) is 4.07. The van der Waals surface area contributed by atoms with Crippen LogP contribution in [0.25, 0.3) is 0 Å². The highest BCUT2D eigenvalue weighted by Crippen LogP contribution is 2.43. The van der Waals surface area contributed by atoms with Gasteiger partial charge in [0, 0.05) is 11.2 Å². The summed E-state index contributed by atoms with van der Waals surface area (Å²) in [5, 5.41) is 12.5. The lowest BCUT2D eigenvalue weighted by molar-refractivity contribution is -0.121. The highest BCUT2D eigenvalue weighted by atomic mass is 16.2. The molecule has 0 bridgehead atoms. The van der Waals surface area contributed by atoms with Crippen LogP contribution in [0.3, 0.4) is 0 Å². The van der Waals surface area contributed by atoms with Gasteiger partial charge in [0.1, 0.15) is 5.54 Å². The first-order valence-corrected chi connectivity index (χ1v) is 8.86. The third kappa shape index (κ3) is 3.00. The van der Waals surface area contributed by atoms with Crippen molar-refractivity contribution in [2.24, 2.45) is 5.92 Å². The number of carbonyl (C=O) groups is 1. The molecule has 4 heteroatoms. The molecule has 0 aromatic heterocycles. The number of nitriles is 1. The predicted molar refractivity (Wildman–Crippen MR) is 95.8 cm³/mol. The van der Waals surface area contributed by atoms with Crippen LogP contribution >= 0.6 is 0 Å². The van der Waals surface area contributed by atoms with Gasteiger partial charge in [0.05, 0.1) is 12.6 Å². The molecule has 1 amide bonds. The van der Waals surface area contributed by atoms with E-state index >= 15 is 0 Å². The van der Waals surface area contributed by atoms with Gasteiger partial charge in [0.15, 0.2) is 0 Å². The predicted octanol–water partition coefficient (Wildman–Crippen LogP) is 3.59. The van der Waals surface area contributed by atoms with E-state index in [-0.39, 0.29) is 11.4 Å². The van der Waals surface area contributed by atoms with Crippen LogP contribution in [0.1, 0.15) is 58.4 Å². The van der Waals surface area contributed by atoms with Crippen molar-refractivity contribution in [2.45, 2.75) is 64.0 Å². The van der Waals surface area contributed by atoms with E-state index in [2.05, 4.69) is 55.3 Å². The lowest BCUT2D eigenvalue weighted by Crippen LogP contribution is -2.55. The van der Waals surface area contributed by atoms with Crippen molar-refractivity contribution < 1.29 is 4.79 Å². The Bertz CT molecular complexity index is 686. The number of nitrogens with one attached hydrogen (secondary N) is 1. The van der Waals surface area contributed by atoms with Crippen LogP contribution in [-0.4, -0.2) is 23.5 Å². The molecular weight excluding hydrogens is 298 g/mol. The van der Waals surface area contributed by atoms with Crippen LogP contribution in [0, 0.1) is 17.2 Å². The van der Waals surface area contributed by atoms with Crippen molar-refractivity contribution >= 4 is 11.6 Å². The molecule has 128 valence electrons. The van der Waals surface area contributed by atoms with Crippen molar-refractivity contribution in [3.05, 3.63) is 29.8 Å². The summed E-state index contributed by atoms with van der Waals surface area (Å²) in [6, 6.07) is 10.7. The zero-order chi connectivity index (χ0) is 17.5. The lowest BCUT2D eigenvalue weighted by Gasteiger charge is -2.47. The van der Waals surface area contributed by atoms with Gasteiger partial charge in [-0.25, -0.2) is 0 Å². The molecule has 1 saturated carbocycles. The number of anilines is 1. The fourth-order valence-electron chi connectivity index (χ4n) is 4.10. The van der Waals surface area contributed by atoms with Gasteiger partial charge in [-0.1, -0.05) is 25.1 Å². The highest BCUT2D eigenvalue weighted by Gasteiger charge is 2.44. The second-order valence-corrected chi connectivity index (χ2v) is 8.20. The van der Waals surface area contributed by atoms with Gasteiger partial charge in [-0.3, -0.25) is 4.79 Å². The standard InChI is InChI=1S/C20H27N3O/c1-14-11-19(2,3)23(17-8-6-5-7-16(14)17)12-18(24)22-20(4,13-21)15-9-10-15/h5-8,14-15H,9-12H2,1-4H3,(H,22,24)/t14-,20-/m1/s1. The van der Waals surface area contributed by atoms with Gasteiger partial charge in [0.25, 0.3) is 0 Å². The Labute approximate surface area is 144 Å². The lowest BCUT2D eigenvalue weighted by atomic mass is 9.80. The third-order valence-electron chi connectivity index (χ3n) is 5.62. The van der Waals surface area contributed by atoms with Crippen LogP contribution < -0.4 is 10.2 Å². The topological polar surface area (TPSA) is 56.1 Å². The van der Waals surface area contributed by atoms with Crippen LogP contribution in [0.15, 0.2) is 24.3 Å². The van der Waals surface area contributed by atoms with E-state index < -0.39 is 5.54 Å². The Hall–Kier alpha value is -2.02. The van der Waals surface area contributed by atoms with Crippen molar-refractivity contribution in [3.63, 3.8) is 0 Å². The van der Waals surface area contributed by atoms with E-state index in [1.165, 1.54) is 5.56 Å². The Balaban J connectivity index is 1.82. The maximum Gasteiger partial charge on any atom is 0.240 e. The number of carbonyl (C=O) groups excluding carboxylic acids is 1. The minimum Gasteiger partial charge on any atom is -0.357 e. The second kappa shape index (κ2) is 5.81. The largest absolute Gasteiger partial charge is 0.357 e. The van der Waals surface area contributed by atoms with E-state index in [4.69, 9.17) is 0 Å². The summed E-state index contributed by atoms with van der Waals surface area (Å²) >= 11 is 0. The van der Waals surface area contributed by atoms with Crippen molar-refractivity contribution in [1.82, 2.24) is 5.32 Å². The van der Waals surface area contributed by atoms with E-state index in [0.29, 0.717) is 18.4 Å². The molecule has 0 saturated heterocycles. The fourth-order valence-corrected chi connectivity index (χ4v) is 4.10. The first-order valence-electron chi connectivity index (χ1n) is 8.86. The first kappa shape index (κ1) is 16.8. The first-order chi connectivity index (χ1) is 11.3. The van der Waals surface area contributed by atoms with E-state index in [1.54, 1.807) is 0 Å². The minimum absolute atomic E-state index is 0.0663. The Morgan fingerprint density at radius 2 is 2.08 bits per heavy atom. The Morgan fingerprint density at radius 1 is 1.42 bits per heavy atom.